The van der Waals surface area contributed by atoms with E-state index in [9.17, 15) is 9.59 Å². The Hall–Kier alpha value is -1.06. The van der Waals surface area contributed by atoms with Gasteiger partial charge in [0.05, 0.1) is 16.1 Å². The van der Waals surface area contributed by atoms with Crippen molar-refractivity contribution in [1.29, 1.82) is 0 Å². The van der Waals surface area contributed by atoms with E-state index in [0.29, 0.717) is 15.7 Å². The third-order valence-corrected chi connectivity index (χ3v) is 6.11. The number of imide groups is 1. The summed E-state index contributed by atoms with van der Waals surface area (Å²) in [6, 6.07) is 4.85. The molecule has 2 bridgehead atoms. The first kappa shape index (κ1) is 14.9. The summed E-state index contributed by atoms with van der Waals surface area (Å²) in [5.74, 6) is -0.452. The molecule has 1 saturated heterocycles. The normalized spacial score (nSPS) is 30.9. The van der Waals surface area contributed by atoms with Crippen LogP contribution in [0.5, 0.6) is 0 Å². The predicted octanol–water partition coefficient (Wildman–Crippen LogP) is 4.31. The van der Waals surface area contributed by atoms with Gasteiger partial charge in [0.1, 0.15) is 0 Å². The lowest BCUT2D eigenvalue weighted by atomic mass is 9.62. The maximum atomic E-state index is 13.0. The van der Waals surface area contributed by atoms with Crippen molar-refractivity contribution in [3.63, 3.8) is 0 Å². The molecule has 1 saturated carbocycles. The molecule has 0 spiro atoms. The highest BCUT2D eigenvalue weighted by atomic mass is 35.5. The van der Waals surface area contributed by atoms with Crippen LogP contribution in [0, 0.1) is 16.7 Å². The fraction of sp³-hybridized carbons (Fsp3) is 0.500. The van der Waals surface area contributed by atoms with Gasteiger partial charge in [0.2, 0.25) is 11.8 Å². The summed E-state index contributed by atoms with van der Waals surface area (Å²) < 4.78 is 0. The molecule has 3 nitrogen and oxygen atoms in total. The van der Waals surface area contributed by atoms with Crippen LogP contribution in [0.2, 0.25) is 10.0 Å². The molecule has 1 heterocycles. The molecule has 2 atom stereocenters. The minimum atomic E-state index is -0.533. The van der Waals surface area contributed by atoms with Crippen LogP contribution in [0.3, 0.4) is 0 Å². The number of piperidine rings is 1. The van der Waals surface area contributed by atoms with E-state index in [1.807, 2.05) is 20.8 Å². The predicted molar refractivity (Wildman–Crippen MR) is 83.6 cm³/mol. The number of fused-ring (bicyclic) bond motifs is 2. The monoisotopic (exact) mass is 325 g/mol. The Morgan fingerprint density at radius 1 is 1.19 bits per heavy atom. The number of anilines is 1. The van der Waals surface area contributed by atoms with Crippen LogP contribution < -0.4 is 4.90 Å². The van der Waals surface area contributed by atoms with Crippen molar-refractivity contribution in [2.75, 3.05) is 4.90 Å². The molecule has 1 aliphatic carbocycles. The number of rotatable bonds is 1. The second kappa shape index (κ2) is 4.47. The van der Waals surface area contributed by atoms with E-state index >= 15 is 0 Å². The number of halogens is 2. The van der Waals surface area contributed by atoms with Crippen molar-refractivity contribution in [3.8, 4) is 0 Å². The molecule has 21 heavy (non-hydrogen) atoms. The van der Waals surface area contributed by atoms with Crippen LogP contribution in [0.4, 0.5) is 5.69 Å². The van der Waals surface area contributed by atoms with Gasteiger partial charge in [0, 0.05) is 10.9 Å². The van der Waals surface area contributed by atoms with Crippen LogP contribution in [0.15, 0.2) is 18.2 Å². The maximum absolute atomic E-state index is 13.0. The van der Waals surface area contributed by atoms with E-state index in [1.54, 1.807) is 18.2 Å². The van der Waals surface area contributed by atoms with Crippen molar-refractivity contribution in [2.24, 2.45) is 16.7 Å². The Morgan fingerprint density at radius 3 is 2.48 bits per heavy atom. The highest BCUT2D eigenvalue weighted by molar-refractivity contribution is 6.38. The number of hydrogen-bond donors (Lipinski definition) is 0. The molecule has 0 aromatic heterocycles. The van der Waals surface area contributed by atoms with Gasteiger partial charge >= 0.3 is 0 Å². The Balaban J connectivity index is 2.13. The second-order valence-corrected chi connectivity index (χ2v) is 7.56. The van der Waals surface area contributed by atoms with Gasteiger partial charge in [-0.3, -0.25) is 9.59 Å². The van der Waals surface area contributed by atoms with Crippen molar-refractivity contribution in [2.45, 2.75) is 33.6 Å². The zero-order valence-corrected chi connectivity index (χ0v) is 13.8. The number of carbonyl (C=O) groups excluding carboxylic acids is 2. The number of benzene rings is 1. The van der Waals surface area contributed by atoms with Gasteiger partial charge in [-0.15, -0.1) is 0 Å². The Morgan fingerprint density at radius 2 is 1.86 bits per heavy atom. The van der Waals surface area contributed by atoms with Crippen LogP contribution in [0.25, 0.3) is 0 Å². The number of amides is 2. The molecular formula is C16H17Cl2NO2. The molecule has 1 aromatic rings. The van der Waals surface area contributed by atoms with Crippen molar-refractivity contribution < 1.29 is 9.59 Å². The number of nitrogens with zero attached hydrogens (tertiary/aromatic N) is 1. The van der Waals surface area contributed by atoms with Crippen molar-refractivity contribution in [1.82, 2.24) is 0 Å². The molecule has 2 fully saturated rings. The average molecular weight is 326 g/mol. The lowest BCUT2D eigenvalue weighted by Crippen LogP contribution is -2.59. The second-order valence-electron chi connectivity index (χ2n) is 6.72. The Kier molecular flexibility index (Phi) is 3.16. The van der Waals surface area contributed by atoms with Crippen LogP contribution in [-0.2, 0) is 9.59 Å². The molecule has 0 radical (unpaired) electrons. The Bertz CT molecular complexity index is 656. The zero-order chi connectivity index (χ0) is 15.6. The van der Waals surface area contributed by atoms with Crippen LogP contribution in [-0.4, -0.2) is 11.8 Å². The van der Waals surface area contributed by atoms with Crippen LogP contribution in [0.1, 0.15) is 33.6 Å². The van der Waals surface area contributed by atoms with Crippen LogP contribution >= 0.6 is 23.2 Å². The molecule has 2 amide bonds. The van der Waals surface area contributed by atoms with Crippen molar-refractivity contribution >= 4 is 40.7 Å². The summed E-state index contributed by atoms with van der Waals surface area (Å²) in [7, 11) is 0. The van der Waals surface area contributed by atoms with E-state index in [0.717, 1.165) is 12.8 Å². The average Bonchev–Trinajstić information content (AvgIpc) is 2.57. The van der Waals surface area contributed by atoms with E-state index in [4.69, 9.17) is 23.2 Å². The van der Waals surface area contributed by atoms with Gasteiger partial charge in [0.25, 0.3) is 0 Å². The summed E-state index contributed by atoms with van der Waals surface area (Å²) in [6.45, 7) is 5.99. The van der Waals surface area contributed by atoms with E-state index in [1.165, 1.54) is 4.90 Å². The summed E-state index contributed by atoms with van der Waals surface area (Å²) in [4.78, 5) is 27.1. The molecule has 0 unspecified atom stereocenters. The molecule has 112 valence electrons. The fourth-order valence-corrected chi connectivity index (χ4v) is 4.20. The molecule has 5 heteroatoms. The topological polar surface area (TPSA) is 37.4 Å². The third kappa shape index (κ3) is 1.80. The third-order valence-electron chi connectivity index (χ3n) is 5.57. The molecular weight excluding hydrogens is 309 g/mol. The summed E-state index contributed by atoms with van der Waals surface area (Å²) in [5, 5.41) is 0.807. The first-order chi connectivity index (χ1) is 9.70. The smallest absolute Gasteiger partial charge is 0.240 e. The van der Waals surface area contributed by atoms with Gasteiger partial charge in [-0.2, -0.15) is 0 Å². The highest BCUT2D eigenvalue weighted by Crippen LogP contribution is 2.60. The fourth-order valence-electron chi connectivity index (χ4n) is 3.71. The van der Waals surface area contributed by atoms with Gasteiger partial charge in [0.15, 0.2) is 0 Å². The summed E-state index contributed by atoms with van der Waals surface area (Å²) in [5.41, 5.74) is -0.421. The van der Waals surface area contributed by atoms with Gasteiger partial charge in [-0.1, -0.05) is 44.0 Å². The van der Waals surface area contributed by atoms with E-state index in [-0.39, 0.29) is 23.1 Å². The largest absolute Gasteiger partial charge is 0.274 e. The summed E-state index contributed by atoms with van der Waals surface area (Å²) >= 11 is 12.1. The lowest BCUT2D eigenvalue weighted by molar-refractivity contribution is -0.146. The Labute approximate surface area is 134 Å². The highest BCUT2D eigenvalue weighted by Gasteiger charge is 2.64. The minimum Gasteiger partial charge on any atom is -0.274 e. The van der Waals surface area contributed by atoms with Crippen molar-refractivity contribution in [3.05, 3.63) is 28.2 Å². The van der Waals surface area contributed by atoms with E-state index in [2.05, 4.69) is 0 Å². The lowest BCUT2D eigenvalue weighted by Gasteiger charge is -2.47. The number of carbonyl (C=O) groups is 2. The summed E-state index contributed by atoms with van der Waals surface area (Å²) in [6.07, 6.45) is 1.48. The molecule has 1 aromatic carbocycles. The zero-order valence-electron chi connectivity index (χ0n) is 12.2. The molecule has 1 aliphatic heterocycles. The standard InChI is InChI=1S/C16H17Cl2NO2/c1-15(2)10-6-7-16(15,3)14(21)19(13(10)20)12-5-4-9(17)8-11(12)18/h4-5,8,10H,6-7H2,1-3H3/t10-,16+/m0/s1. The SMILES string of the molecule is CC1(C)[C@H]2CC[C@]1(C)C(=O)N(c1ccc(Cl)cc1Cl)C2=O. The molecule has 2 aliphatic rings. The van der Waals surface area contributed by atoms with Gasteiger partial charge in [-0.05, 0) is 36.5 Å². The molecule has 0 N–H and O–H groups in total. The van der Waals surface area contributed by atoms with Gasteiger partial charge in [-0.25, -0.2) is 4.90 Å². The maximum Gasteiger partial charge on any atom is 0.240 e. The van der Waals surface area contributed by atoms with Gasteiger partial charge < -0.3 is 0 Å². The molecule has 3 rings (SSSR count). The number of hydrogen-bond acceptors (Lipinski definition) is 2. The minimum absolute atomic E-state index is 0.146. The quantitative estimate of drug-likeness (QED) is 0.721. The van der Waals surface area contributed by atoms with E-state index < -0.39 is 5.41 Å². The first-order valence-electron chi connectivity index (χ1n) is 7.03. The first-order valence-corrected chi connectivity index (χ1v) is 7.79.